The van der Waals surface area contributed by atoms with Gasteiger partial charge in [0.1, 0.15) is 0 Å². The van der Waals surface area contributed by atoms with Gasteiger partial charge in [-0.1, -0.05) is 27.2 Å². The molecule has 0 aliphatic carbocycles. The van der Waals surface area contributed by atoms with Gasteiger partial charge in [-0.05, 0) is 25.7 Å². The summed E-state index contributed by atoms with van der Waals surface area (Å²) >= 11 is 0. The van der Waals surface area contributed by atoms with Crippen LogP contribution in [0.3, 0.4) is 0 Å². The van der Waals surface area contributed by atoms with Crippen LogP contribution in [0.25, 0.3) is 0 Å². The summed E-state index contributed by atoms with van der Waals surface area (Å²) in [5.74, 6) is 0.736. The van der Waals surface area contributed by atoms with E-state index < -0.39 is 0 Å². The molecule has 0 bridgehead atoms. The zero-order valence-corrected chi connectivity index (χ0v) is 8.26. The summed E-state index contributed by atoms with van der Waals surface area (Å²) in [4.78, 5) is 0. The molecule has 0 aromatic carbocycles. The van der Waals surface area contributed by atoms with Gasteiger partial charge in [0, 0.05) is 0 Å². The van der Waals surface area contributed by atoms with Crippen molar-refractivity contribution in [2.45, 2.75) is 53.1 Å². The topological polar surface area (TPSA) is 9.23 Å². The summed E-state index contributed by atoms with van der Waals surface area (Å²) in [7, 11) is 0. The third-order valence-electron chi connectivity index (χ3n) is 1.54. The van der Waals surface area contributed by atoms with Crippen molar-refractivity contribution in [2.24, 2.45) is 5.92 Å². The van der Waals surface area contributed by atoms with Gasteiger partial charge in [-0.2, -0.15) is 0 Å². The minimum atomic E-state index is 0.390. The quantitative estimate of drug-likeness (QED) is 0.537. The second-order valence-electron chi connectivity index (χ2n) is 3.53. The van der Waals surface area contributed by atoms with Crippen LogP contribution in [-0.2, 0) is 4.74 Å². The molecule has 0 aliphatic heterocycles. The van der Waals surface area contributed by atoms with Gasteiger partial charge in [-0.3, -0.25) is 0 Å². The molecule has 0 heterocycles. The zero-order valence-electron chi connectivity index (χ0n) is 8.26. The first-order valence-corrected chi connectivity index (χ1v) is 4.64. The SMILES string of the molecule is CCC[CH]OC(C)CC(C)C. The molecular weight excluding hydrogens is 136 g/mol. The van der Waals surface area contributed by atoms with Crippen LogP contribution < -0.4 is 0 Å². The van der Waals surface area contributed by atoms with Gasteiger partial charge in [-0.15, -0.1) is 0 Å². The molecule has 1 nitrogen and oxygen atoms in total. The van der Waals surface area contributed by atoms with Crippen LogP contribution in [0.1, 0.15) is 47.0 Å². The van der Waals surface area contributed by atoms with E-state index in [-0.39, 0.29) is 0 Å². The second kappa shape index (κ2) is 6.66. The van der Waals surface area contributed by atoms with Crippen molar-refractivity contribution >= 4 is 0 Å². The van der Waals surface area contributed by atoms with E-state index >= 15 is 0 Å². The minimum Gasteiger partial charge on any atom is -0.373 e. The summed E-state index contributed by atoms with van der Waals surface area (Å²) in [5, 5.41) is 0. The van der Waals surface area contributed by atoms with Crippen LogP contribution >= 0.6 is 0 Å². The molecule has 0 amide bonds. The summed E-state index contributed by atoms with van der Waals surface area (Å²) in [5.41, 5.74) is 0. The van der Waals surface area contributed by atoms with Crippen molar-refractivity contribution in [3.63, 3.8) is 0 Å². The zero-order chi connectivity index (χ0) is 8.69. The molecule has 1 radical (unpaired) electrons. The number of rotatable bonds is 6. The Balaban J connectivity index is 3.15. The van der Waals surface area contributed by atoms with Gasteiger partial charge in [0.05, 0.1) is 12.7 Å². The molecule has 0 saturated carbocycles. The van der Waals surface area contributed by atoms with Crippen molar-refractivity contribution in [1.82, 2.24) is 0 Å². The fraction of sp³-hybridized carbons (Fsp3) is 0.900. The van der Waals surface area contributed by atoms with Crippen LogP contribution in [0.4, 0.5) is 0 Å². The summed E-state index contributed by atoms with van der Waals surface area (Å²) < 4.78 is 5.47. The highest BCUT2D eigenvalue weighted by molar-refractivity contribution is 4.58. The number of hydrogen-bond donors (Lipinski definition) is 0. The summed E-state index contributed by atoms with van der Waals surface area (Å²) in [6.07, 6.45) is 3.79. The molecule has 0 N–H and O–H groups in total. The normalized spacial score (nSPS) is 13.9. The van der Waals surface area contributed by atoms with Gasteiger partial charge in [0.25, 0.3) is 0 Å². The van der Waals surface area contributed by atoms with Gasteiger partial charge in [0.15, 0.2) is 0 Å². The van der Waals surface area contributed by atoms with E-state index in [9.17, 15) is 0 Å². The first-order valence-electron chi connectivity index (χ1n) is 4.64. The van der Waals surface area contributed by atoms with E-state index in [1.54, 1.807) is 0 Å². The number of hydrogen-bond acceptors (Lipinski definition) is 1. The Morgan fingerprint density at radius 2 is 1.91 bits per heavy atom. The van der Waals surface area contributed by atoms with Gasteiger partial charge < -0.3 is 4.74 Å². The van der Waals surface area contributed by atoms with Crippen LogP contribution in [-0.4, -0.2) is 6.10 Å². The molecule has 0 spiro atoms. The summed E-state index contributed by atoms with van der Waals surface area (Å²) in [6.45, 7) is 10.7. The summed E-state index contributed by atoms with van der Waals surface area (Å²) in [6, 6.07) is 0. The fourth-order valence-corrected chi connectivity index (χ4v) is 1.07. The Labute approximate surface area is 71.1 Å². The Morgan fingerprint density at radius 3 is 2.36 bits per heavy atom. The van der Waals surface area contributed by atoms with Crippen molar-refractivity contribution in [3.8, 4) is 0 Å². The lowest BCUT2D eigenvalue weighted by Crippen LogP contribution is -2.09. The largest absolute Gasteiger partial charge is 0.373 e. The van der Waals surface area contributed by atoms with Gasteiger partial charge >= 0.3 is 0 Å². The lowest BCUT2D eigenvalue weighted by atomic mass is 10.1. The standard InChI is InChI=1S/C10H21O/c1-5-6-7-11-10(4)8-9(2)3/h7,9-10H,5-6,8H2,1-4H3. The molecular formula is C10H21O. The highest BCUT2D eigenvalue weighted by Gasteiger charge is 2.03. The van der Waals surface area contributed by atoms with Crippen molar-refractivity contribution in [2.75, 3.05) is 0 Å². The molecule has 11 heavy (non-hydrogen) atoms. The maximum absolute atomic E-state index is 5.47. The minimum absolute atomic E-state index is 0.390. The van der Waals surface area contributed by atoms with E-state index in [0.717, 1.165) is 18.8 Å². The molecule has 1 unspecified atom stereocenters. The van der Waals surface area contributed by atoms with Crippen molar-refractivity contribution in [3.05, 3.63) is 6.61 Å². The predicted octanol–water partition coefficient (Wildman–Crippen LogP) is 3.40. The molecule has 0 fully saturated rings. The Bertz CT molecular complexity index is 78.9. The second-order valence-corrected chi connectivity index (χ2v) is 3.53. The fourth-order valence-electron chi connectivity index (χ4n) is 1.07. The Kier molecular flexibility index (Phi) is 6.63. The third kappa shape index (κ3) is 7.86. The van der Waals surface area contributed by atoms with E-state index in [0.29, 0.717) is 6.10 Å². The van der Waals surface area contributed by atoms with E-state index in [1.165, 1.54) is 6.42 Å². The number of unbranched alkanes of at least 4 members (excludes halogenated alkanes) is 1. The lowest BCUT2D eigenvalue weighted by Gasteiger charge is -2.13. The smallest absolute Gasteiger partial charge is 0.0840 e. The monoisotopic (exact) mass is 157 g/mol. The third-order valence-corrected chi connectivity index (χ3v) is 1.54. The molecule has 0 aromatic heterocycles. The Morgan fingerprint density at radius 1 is 1.27 bits per heavy atom. The molecule has 1 heteroatoms. The van der Waals surface area contributed by atoms with E-state index in [1.807, 2.05) is 6.61 Å². The predicted molar refractivity (Wildman–Crippen MR) is 49.2 cm³/mol. The molecule has 0 rings (SSSR count). The van der Waals surface area contributed by atoms with Crippen molar-refractivity contribution < 1.29 is 4.74 Å². The maximum atomic E-state index is 5.47. The lowest BCUT2D eigenvalue weighted by molar-refractivity contribution is 0.0970. The highest BCUT2D eigenvalue weighted by atomic mass is 16.5. The molecule has 67 valence electrons. The maximum Gasteiger partial charge on any atom is 0.0840 e. The van der Waals surface area contributed by atoms with E-state index in [2.05, 4.69) is 27.7 Å². The molecule has 0 aliphatic rings. The van der Waals surface area contributed by atoms with Crippen molar-refractivity contribution in [1.29, 1.82) is 0 Å². The Hall–Kier alpha value is -0.0400. The van der Waals surface area contributed by atoms with Crippen LogP contribution in [0.2, 0.25) is 0 Å². The molecule has 0 aromatic rings. The van der Waals surface area contributed by atoms with Gasteiger partial charge in [0.2, 0.25) is 0 Å². The van der Waals surface area contributed by atoms with E-state index in [4.69, 9.17) is 4.74 Å². The first-order chi connectivity index (χ1) is 5.16. The molecule has 0 saturated heterocycles. The van der Waals surface area contributed by atoms with Gasteiger partial charge in [-0.25, -0.2) is 0 Å². The average Bonchev–Trinajstić information content (AvgIpc) is 1.86. The highest BCUT2D eigenvalue weighted by Crippen LogP contribution is 2.09. The number of ether oxygens (including phenoxy) is 1. The molecule has 1 atom stereocenters. The van der Waals surface area contributed by atoms with Crippen LogP contribution in [0.15, 0.2) is 0 Å². The first kappa shape index (κ1) is 11.0. The average molecular weight is 157 g/mol. The van der Waals surface area contributed by atoms with Crippen LogP contribution in [0.5, 0.6) is 0 Å². The van der Waals surface area contributed by atoms with Crippen LogP contribution in [0, 0.1) is 12.5 Å².